The minimum atomic E-state index is -0.446. The number of hydrogen-bond acceptors (Lipinski definition) is 6. The fourth-order valence-electron chi connectivity index (χ4n) is 2.23. The van der Waals surface area contributed by atoms with Gasteiger partial charge in [-0.3, -0.25) is 9.78 Å². The molecule has 1 N–H and O–H groups in total. The van der Waals surface area contributed by atoms with E-state index in [0.29, 0.717) is 23.5 Å². The number of hydrogen-bond donors (Lipinski definition) is 1. The number of nitrogens with one attached hydrogen (secondary N) is 1. The van der Waals surface area contributed by atoms with E-state index in [0.717, 1.165) is 4.88 Å². The second kappa shape index (κ2) is 9.49. The summed E-state index contributed by atoms with van der Waals surface area (Å²) in [4.78, 5) is 28.9. The SMILES string of the molecule is O=C(NCCOC(=O)c1ccc(OCc2cccs2)cc1)c1ccncc1. The molecule has 138 valence electrons. The van der Waals surface area contributed by atoms with Crippen molar-refractivity contribution in [2.45, 2.75) is 6.61 Å². The Hall–Kier alpha value is -3.19. The Kier molecular flexibility index (Phi) is 6.54. The summed E-state index contributed by atoms with van der Waals surface area (Å²) < 4.78 is 10.8. The van der Waals surface area contributed by atoms with Gasteiger partial charge in [0.15, 0.2) is 0 Å². The lowest BCUT2D eigenvalue weighted by Crippen LogP contribution is -2.28. The van der Waals surface area contributed by atoms with Crippen molar-refractivity contribution in [1.82, 2.24) is 10.3 Å². The summed E-state index contributed by atoms with van der Waals surface area (Å²) >= 11 is 1.63. The van der Waals surface area contributed by atoms with Crippen LogP contribution in [-0.2, 0) is 11.3 Å². The number of thiophene rings is 1. The third-order valence-electron chi connectivity index (χ3n) is 3.61. The number of esters is 1. The molecule has 0 fully saturated rings. The van der Waals surface area contributed by atoms with Crippen molar-refractivity contribution >= 4 is 23.2 Å². The van der Waals surface area contributed by atoms with Crippen molar-refractivity contribution in [3.63, 3.8) is 0 Å². The van der Waals surface area contributed by atoms with E-state index in [1.807, 2.05) is 17.5 Å². The lowest BCUT2D eigenvalue weighted by molar-refractivity contribution is 0.0503. The molecular weight excluding hydrogens is 364 g/mol. The molecule has 1 aromatic carbocycles. The van der Waals surface area contributed by atoms with Crippen molar-refractivity contribution in [3.05, 3.63) is 82.3 Å². The van der Waals surface area contributed by atoms with Gasteiger partial charge in [0.2, 0.25) is 0 Å². The zero-order chi connectivity index (χ0) is 18.9. The number of ether oxygens (including phenoxy) is 2. The highest BCUT2D eigenvalue weighted by Crippen LogP contribution is 2.16. The zero-order valence-electron chi connectivity index (χ0n) is 14.5. The zero-order valence-corrected chi connectivity index (χ0v) is 15.3. The van der Waals surface area contributed by atoms with Crippen LogP contribution in [-0.4, -0.2) is 30.0 Å². The molecule has 27 heavy (non-hydrogen) atoms. The molecule has 2 aromatic heterocycles. The van der Waals surface area contributed by atoms with Crippen molar-refractivity contribution in [1.29, 1.82) is 0 Å². The Morgan fingerprint density at radius 2 is 1.78 bits per heavy atom. The lowest BCUT2D eigenvalue weighted by atomic mass is 10.2. The predicted molar refractivity (Wildman–Crippen MR) is 102 cm³/mol. The summed E-state index contributed by atoms with van der Waals surface area (Å²) in [5, 5.41) is 4.68. The first-order chi connectivity index (χ1) is 13.2. The van der Waals surface area contributed by atoms with E-state index in [2.05, 4.69) is 10.3 Å². The molecule has 0 unspecified atom stereocenters. The fourth-order valence-corrected chi connectivity index (χ4v) is 2.85. The molecule has 6 nitrogen and oxygen atoms in total. The number of aromatic nitrogens is 1. The van der Waals surface area contributed by atoms with E-state index in [1.165, 1.54) is 0 Å². The minimum absolute atomic E-state index is 0.0896. The average Bonchev–Trinajstić information content (AvgIpc) is 3.24. The van der Waals surface area contributed by atoms with Crippen LogP contribution in [0.5, 0.6) is 5.75 Å². The van der Waals surface area contributed by atoms with E-state index in [-0.39, 0.29) is 19.1 Å². The Bertz CT molecular complexity index is 865. The van der Waals surface area contributed by atoms with Gasteiger partial charge in [-0.1, -0.05) is 6.07 Å². The third kappa shape index (κ3) is 5.65. The van der Waals surface area contributed by atoms with Gasteiger partial charge < -0.3 is 14.8 Å². The molecule has 3 aromatic rings. The molecule has 0 radical (unpaired) electrons. The van der Waals surface area contributed by atoms with Crippen LogP contribution in [0.3, 0.4) is 0 Å². The molecule has 0 bridgehead atoms. The second-order valence-corrected chi connectivity index (χ2v) is 6.55. The first-order valence-corrected chi connectivity index (χ1v) is 9.21. The molecule has 1 amide bonds. The van der Waals surface area contributed by atoms with Crippen LogP contribution >= 0.6 is 11.3 Å². The first-order valence-electron chi connectivity index (χ1n) is 8.33. The van der Waals surface area contributed by atoms with Gasteiger partial charge in [0, 0.05) is 22.8 Å². The van der Waals surface area contributed by atoms with Gasteiger partial charge in [-0.05, 0) is 47.8 Å². The molecule has 2 heterocycles. The van der Waals surface area contributed by atoms with Gasteiger partial charge >= 0.3 is 5.97 Å². The highest BCUT2D eigenvalue weighted by molar-refractivity contribution is 7.09. The predicted octanol–water partition coefficient (Wildman–Crippen LogP) is 3.31. The van der Waals surface area contributed by atoms with Gasteiger partial charge in [-0.15, -0.1) is 11.3 Å². The quantitative estimate of drug-likeness (QED) is 0.478. The lowest BCUT2D eigenvalue weighted by Gasteiger charge is -2.08. The van der Waals surface area contributed by atoms with E-state index in [1.54, 1.807) is 60.1 Å². The van der Waals surface area contributed by atoms with Crippen molar-refractivity contribution < 1.29 is 19.1 Å². The molecule has 7 heteroatoms. The summed E-state index contributed by atoms with van der Waals surface area (Å²) in [7, 11) is 0. The van der Waals surface area contributed by atoms with E-state index < -0.39 is 5.97 Å². The van der Waals surface area contributed by atoms with E-state index in [9.17, 15) is 9.59 Å². The largest absolute Gasteiger partial charge is 0.488 e. The molecule has 0 aliphatic rings. The maximum Gasteiger partial charge on any atom is 0.338 e. The molecule has 0 aliphatic carbocycles. The van der Waals surface area contributed by atoms with E-state index in [4.69, 9.17) is 9.47 Å². The molecule has 0 saturated carbocycles. The highest BCUT2D eigenvalue weighted by Gasteiger charge is 2.08. The van der Waals surface area contributed by atoms with Gasteiger partial charge in [-0.25, -0.2) is 4.79 Å². The highest BCUT2D eigenvalue weighted by atomic mass is 32.1. The number of benzene rings is 1. The Balaban J connectivity index is 1.39. The minimum Gasteiger partial charge on any atom is -0.488 e. The number of carbonyl (C=O) groups excluding carboxylic acids is 2. The second-order valence-electron chi connectivity index (χ2n) is 5.52. The van der Waals surface area contributed by atoms with Crippen LogP contribution < -0.4 is 10.1 Å². The number of rotatable bonds is 8. The Morgan fingerprint density at radius 3 is 2.48 bits per heavy atom. The van der Waals surface area contributed by atoms with Crippen molar-refractivity contribution in [3.8, 4) is 5.75 Å². The van der Waals surface area contributed by atoms with Crippen LogP contribution in [0.25, 0.3) is 0 Å². The van der Waals surface area contributed by atoms with Gasteiger partial charge in [0.25, 0.3) is 5.91 Å². The van der Waals surface area contributed by atoms with Crippen LogP contribution in [0, 0.1) is 0 Å². The summed E-state index contributed by atoms with van der Waals surface area (Å²) in [6.07, 6.45) is 3.09. The topological polar surface area (TPSA) is 77.5 Å². The van der Waals surface area contributed by atoms with E-state index >= 15 is 0 Å². The van der Waals surface area contributed by atoms with Gasteiger partial charge in [-0.2, -0.15) is 0 Å². The molecular formula is C20H18N2O4S. The van der Waals surface area contributed by atoms with Crippen LogP contribution in [0.15, 0.2) is 66.3 Å². The van der Waals surface area contributed by atoms with Crippen molar-refractivity contribution in [2.24, 2.45) is 0 Å². The van der Waals surface area contributed by atoms with Crippen molar-refractivity contribution in [2.75, 3.05) is 13.2 Å². The normalized spacial score (nSPS) is 10.2. The first kappa shape index (κ1) is 18.6. The van der Waals surface area contributed by atoms with Crippen LogP contribution in [0.2, 0.25) is 0 Å². The smallest absolute Gasteiger partial charge is 0.338 e. The average molecular weight is 382 g/mol. The monoisotopic (exact) mass is 382 g/mol. The standard InChI is InChI=1S/C20H18N2O4S/c23-19(15-7-9-21-10-8-15)22-11-12-25-20(24)16-3-5-17(6-4-16)26-14-18-2-1-13-27-18/h1-10,13H,11-12,14H2,(H,22,23). The number of amides is 1. The molecule has 0 aliphatic heterocycles. The van der Waals surface area contributed by atoms with Crippen LogP contribution in [0.4, 0.5) is 0 Å². The molecule has 0 saturated heterocycles. The summed E-state index contributed by atoms with van der Waals surface area (Å²) in [6, 6.07) is 14.0. The van der Waals surface area contributed by atoms with Crippen LogP contribution in [0.1, 0.15) is 25.6 Å². The number of nitrogens with zero attached hydrogens (tertiary/aromatic N) is 1. The summed E-state index contributed by atoms with van der Waals surface area (Å²) in [5.74, 6) is 0.00298. The Morgan fingerprint density at radius 1 is 1.00 bits per heavy atom. The number of pyridine rings is 1. The maximum atomic E-state index is 12.0. The Labute approximate surface area is 160 Å². The van der Waals surface area contributed by atoms with Gasteiger partial charge in [0.1, 0.15) is 19.0 Å². The maximum absolute atomic E-state index is 12.0. The van der Waals surface area contributed by atoms with Gasteiger partial charge in [0.05, 0.1) is 12.1 Å². The summed E-state index contributed by atoms with van der Waals surface area (Å²) in [5.41, 5.74) is 0.938. The molecule has 3 rings (SSSR count). The molecule has 0 atom stereocenters. The summed E-state index contributed by atoms with van der Waals surface area (Å²) in [6.45, 7) is 0.819. The third-order valence-corrected chi connectivity index (χ3v) is 4.46. The number of carbonyl (C=O) groups is 2. The molecule has 0 spiro atoms. The fraction of sp³-hybridized carbons (Fsp3) is 0.150.